The highest BCUT2D eigenvalue weighted by Gasteiger charge is 2.17. The fourth-order valence-corrected chi connectivity index (χ4v) is 2.57. The third kappa shape index (κ3) is 4.87. The smallest absolute Gasteiger partial charge is 0.442 e. The molecule has 1 aromatic carbocycles. The fourth-order valence-electron chi connectivity index (χ4n) is 2.57. The first kappa shape index (κ1) is 19.6. The van der Waals surface area contributed by atoms with Crippen molar-refractivity contribution in [3.8, 4) is 22.9 Å². The number of methoxy groups -OCH3 is 2. The molecule has 8 nitrogen and oxygen atoms in total. The van der Waals surface area contributed by atoms with E-state index in [1.54, 1.807) is 18.2 Å². The molecule has 2 rings (SSSR count). The summed E-state index contributed by atoms with van der Waals surface area (Å²) in [5, 5.41) is 6.60. The Bertz CT molecular complexity index is 781. The van der Waals surface area contributed by atoms with E-state index in [9.17, 15) is 9.59 Å². The third-order valence-electron chi connectivity index (χ3n) is 3.98. The average molecular weight is 363 g/mol. The molecule has 0 spiro atoms. The maximum atomic E-state index is 12.1. The zero-order valence-electron chi connectivity index (χ0n) is 15.4. The maximum absolute atomic E-state index is 12.1. The van der Waals surface area contributed by atoms with Crippen LogP contribution in [0.25, 0.3) is 11.4 Å². The van der Waals surface area contributed by atoms with Gasteiger partial charge in [0.2, 0.25) is 5.91 Å². The van der Waals surface area contributed by atoms with Crippen LogP contribution in [0, 0.1) is 0 Å². The zero-order chi connectivity index (χ0) is 18.9. The predicted molar refractivity (Wildman–Crippen MR) is 96.5 cm³/mol. The van der Waals surface area contributed by atoms with E-state index in [0.29, 0.717) is 23.6 Å². The number of hydrogen-bond donors (Lipinski definition) is 1. The summed E-state index contributed by atoms with van der Waals surface area (Å²) in [6, 6.07) is 5.10. The summed E-state index contributed by atoms with van der Waals surface area (Å²) >= 11 is 0. The molecule has 0 saturated heterocycles. The van der Waals surface area contributed by atoms with Gasteiger partial charge >= 0.3 is 5.76 Å². The standard InChI is InChI=1S/C18H25N3O5/c1-4-5-6-7-10-19-16(22)12-21-17(20-26-18(21)23)13-8-9-14(24-2)15(11-13)25-3/h8-9,11H,4-7,10,12H2,1-3H3,(H,19,22). The summed E-state index contributed by atoms with van der Waals surface area (Å²) in [5.74, 6) is 0.368. The number of benzene rings is 1. The van der Waals surface area contributed by atoms with E-state index in [1.807, 2.05) is 0 Å². The zero-order valence-corrected chi connectivity index (χ0v) is 15.4. The van der Waals surface area contributed by atoms with Crippen molar-refractivity contribution >= 4 is 5.91 Å². The molecule has 0 saturated carbocycles. The molecule has 0 aliphatic rings. The van der Waals surface area contributed by atoms with Crippen LogP contribution >= 0.6 is 0 Å². The Kier molecular flexibility index (Phi) is 7.25. The molecule has 1 amide bonds. The second-order valence-electron chi connectivity index (χ2n) is 5.84. The normalized spacial score (nSPS) is 10.6. The summed E-state index contributed by atoms with van der Waals surface area (Å²) in [7, 11) is 3.05. The lowest BCUT2D eigenvalue weighted by Gasteiger charge is -2.10. The molecular weight excluding hydrogens is 338 g/mol. The van der Waals surface area contributed by atoms with Gasteiger partial charge in [-0.25, -0.2) is 9.36 Å². The van der Waals surface area contributed by atoms with Gasteiger partial charge in [0, 0.05) is 12.1 Å². The minimum absolute atomic E-state index is 0.153. The van der Waals surface area contributed by atoms with Crippen molar-refractivity contribution in [1.82, 2.24) is 15.0 Å². The van der Waals surface area contributed by atoms with E-state index < -0.39 is 5.76 Å². The minimum atomic E-state index is -0.684. The van der Waals surface area contributed by atoms with Crippen molar-refractivity contribution in [2.75, 3.05) is 20.8 Å². The molecule has 1 N–H and O–H groups in total. The van der Waals surface area contributed by atoms with Crippen molar-refractivity contribution in [2.24, 2.45) is 0 Å². The number of unbranched alkanes of at least 4 members (excludes halogenated alkanes) is 3. The highest BCUT2D eigenvalue weighted by Crippen LogP contribution is 2.31. The van der Waals surface area contributed by atoms with Gasteiger partial charge in [0.25, 0.3) is 0 Å². The molecule has 1 aromatic heterocycles. The number of ether oxygens (including phenoxy) is 2. The van der Waals surface area contributed by atoms with Gasteiger partial charge in [-0.3, -0.25) is 9.32 Å². The van der Waals surface area contributed by atoms with E-state index in [0.717, 1.165) is 25.7 Å². The van der Waals surface area contributed by atoms with Gasteiger partial charge in [-0.2, -0.15) is 0 Å². The topological polar surface area (TPSA) is 95.6 Å². The molecule has 142 valence electrons. The van der Waals surface area contributed by atoms with Gasteiger partial charge in [-0.1, -0.05) is 31.3 Å². The summed E-state index contributed by atoms with van der Waals surface area (Å²) in [5.41, 5.74) is 0.587. The van der Waals surface area contributed by atoms with Crippen LogP contribution in [0.1, 0.15) is 32.6 Å². The van der Waals surface area contributed by atoms with Crippen molar-refractivity contribution in [3.05, 3.63) is 28.7 Å². The van der Waals surface area contributed by atoms with Crippen molar-refractivity contribution < 1.29 is 18.8 Å². The lowest BCUT2D eigenvalue weighted by Crippen LogP contribution is -2.31. The number of carbonyl (C=O) groups is 1. The fraction of sp³-hybridized carbons (Fsp3) is 0.500. The molecule has 8 heteroatoms. The molecule has 1 heterocycles. The molecule has 0 aliphatic carbocycles. The van der Waals surface area contributed by atoms with Crippen LogP contribution in [-0.4, -0.2) is 36.4 Å². The van der Waals surface area contributed by atoms with E-state index in [1.165, 1.54) is 18.8 Å². The van der Waals surface area contributed by atoms with E-state index >= 15 is 0 Å². The van der Waals surface area contributed by atoms with Crippen LogP contribution in [0.4, 0.5) is 0 Å². The Morgan fingerprint density at radius 3 is 2.65 bits per heavy atom. The number of aromatic nitrogens is 2. The Labute approximate surface area is 152 Å². The van der Waals surface area contributed by atoms with Crippen LogP contribution in [0.5, 0.6) is 11.5 Å². The monoisotopic (exact) mass is 363 g/mol. The third-order valence-corrected chi connectivity index (χ3v) is 3.98. The minimum Gasteiger partial charge on any atom is -0.493 e. The molecule has 0 aliphatic heterocycles. The van der Waals surface area contributed by atoms with E-state index in [2.05, 4.69) is 17.4 Å². The van der Waals surface area contributed by atoms with Crippen molar-refractivity contribution in [1.29, 1.82) is 0 Å². The van der Waals surface area contributed by atoms with E-state index in [4.69, 9.17) is 14.0 Å². The number of nitrogens with zero attached hydrogens (tertiary/aromatic N) is 2. The first-order valence-corrected chi connectivity index (χ1v) is 8.66. The Balaban J connectivity index is 2.11. The molecule has 0 fully saturated rings. The molecule has 2 aromatic rings. The van der Waals surface area contributed by atoms with Crippen LogP contribution in [0.2, 0.25) is 0 Å². The summed E-state index contributed by atoms with van der Waals surface area (Å²) in [6.07, 6.45) is 4.27. The molecule has 0 radical (unpaired) electrons. The Morgan fingerprint density at radius 2 is 1.96 bits per heavy atom. The quantitative estimate of drug-likeness (QED) is 0.650. The Morgan fingerprint density at radius 1 is 1.19 bits per heavy atom. The van der Waals surface area contributed by atoms with Gasteiger partial charge < -0.3 is 14.8 Å². The molecule has 0 atom stereocenters. The van der Waals surface area contributed by atoms with Gasteiger partial charge in [0.15, 0.2) is 17.3 Å². The molecule has 0 bridgehead atoms. The maximum Gasteiger partial charge on any atom is 0.442 e. The van der Waals surface area contributed by atoms with Crippen molar-refractivity contribution in [2.45, 2.75) is 39.2 Å². The predicted octanol–water partition coefficient (Wildman–Crippen LogP) is 2.22. The highest BCUT2D eigenvalue weighted by molar-refractivity contribution is 5.76. The van der Waals surface area contributed by atoms with Gasteiger partial charge in [-0.05, 0) is 24.6 Å². The second-order valence-corrected chi connectivity index (χ2v) is 5.84. The SMILES string of the molecule is CCCCCCNC(=O)Cn1c(-c2ccc(OC)c(OC)c2)noc1=O. The van der Waals surface area contributed by atoms with Crippen LogP contribution < -0.4 is 20.5 Å². The van der Waals surface area contributed by atoms with Crippen molar-refractivity contribution in [3.63, 3.8) is 0 Å². The first-order valence-electron chi connectivity index (χ1n) is 8.66. The number of carbonyl (C=O) groups excluding carboxylic acids is 1. The van der Waals surface area contributed by atoms with Gasteiger partial charge in [-0.15, -0.1) is 0 Å². The number of amides is 1. The lowest BCUT2D eigenvalue weighted by molar-refractivity contribution is -0.121. The molecular formula is C18H25N3O5. The summed E-state index contributed by atoms with van der Waals surface area (Å²) in [6.45, 7) is 2.57. The molecule has 0 unspecified atom stereocenters. The number of hydrogen-bond acceptors (Lipinski definition) is 6. The van der Waals surface area contributed by atoms with Crippen LogP contribution in [0.3, 0.4) is 0 Å². The lowest BCUT2D eigenvalue weighted by atomic mass is 10.2. The van der Waals surface area contributed by atoms with Crippen LogP contribution in [-0.2, 0) is 11.3 Å². The second kappa shape index (κ2) is 9.65. The average Bonchev–Trinajstić information content (AvgIpc) is 3.01. The number of rotatable bonds is 10. The van der Waals surface area contributed by atoms with Gasteiger partial charge in [0.1, 0.15) is 6.54 Å². The number of nitrogens with one attached hydrogen (secondary N) is 1. The van der Waals surface area contributed by atoms with E-state index in [-0.39, 0.29) is 18.3 Å². The Hall–Kier alpha value is -2.77. The summed E-state index contributed by atoms with van der Waals surface area (Å²) < 4.78 is 16.4. The summed E-state index contributed by atoms with van der Waals surface area (Å²) in [4.78, 5) is 24.1. The molecule has 26 heavy (non-hydrogen) atoms. The van der Waals surface area contributed by atoms with Gasteiger partial charge in [0.05, 0.1) is 14.2 Å². The highest BCUT2D eigenvalue weighted by atomic mass is 16.5. The largest absolute Gasteiger partial charge is 0.493 e. The van der Waals surface area contributed by atoms with Crippen LogP contribution in [0.15, 0.2) is 27.5 Å². The first-order chi connectivity index (χ1) is 12.6.